The van der Waals surface area contributed by atoms with E-state index >= 15 is 0 Å². The number of hydrogen-bond donors (Lipinski definition) is 1. The Morgan fingerprint density at radius 3 is 2.42 bits per heavy atom. The Bertz CT molecular complexity index is 1010. The first-order valence-electron chi connectivity index (χ1n) is 6.90. The summed E-state index contributed by atoms with van der Waals surface area (Å²) in [7, 11) is 0. The van der Waals surface area contributed by atoms with Gasteiger partial charge < -0.3 is 5.11 Å². The quantitative estimate of drug-likeness (QED) is 0.722. The molecule has 3 aromatic rings. The van der Waals surface area contributed by atoms with Crippen LogP contribution in [0.2, 0.25) is 5.02 Å². The van der Waals surface area contributed by atoms with Gasteiger partial charge in [0.25, 0.3) is 5.56 Å². The van der Waals surface area contributed by atoms with Gasteiger partial charge in [0, 0.05) is 5.02 Å². The first kappa shape index (κ1) is 16.5. The minimum atomic E-state index is -0.653. The predicted octanol–water partition coefficient (Wildman–Crippen LogP) is 2.56. The van der Waals surface area contributed by atoms with Gasteiger partial charge in [-0.2, -0.15) is 9.78 Å². The van der Waals surface area contributed by atoms with Crippen molar-refractivity contribution in [3.63, 3.8) is 0 Å². The molecule has 0 aliphatic carbocycles. The van der Waals surface area contributed by atoms with Crippen LogP contribution in [0.1, 0.15) is 5.56 Å². The zero-order chi connectivity index (χ0) is 17.3. The molecular weight excluding hydrogens is 398 g/mol. The van der Waals surface area contributed by atoms with Gasteiger partial charge in [-0.1, -0.05) is 35.9 Å². The molecule has 0 bridgehead atoms. The summed E-state index contributed by atoms with van der Waals surface area (Å²) in [5.74, 6) is -0.115. The topological polar surface area (TPSA) is 77.1 Å². The number of rotatable bonds is 3. The Labute approximate surface area is 149 Å². The van der Waals surface area contributed by atoms with Crippen LogP contribution in [0.25, 0.3) is 5.69 Å². The number of hydrogen-bond acceptors (Lipinski definition) is 4. The molecule has 6 nitrogen and oxygen atoms in total. The van der Waals surface area contributed by atoms with Crippen LogP contribution in [0.15, 0.2) is 62.7 Å². The minimum Gasteiger partial charge on any atom is -0.506 e. The zero-order valence-corrected chi connectivity index (χ0v) is 14.5. The van der Waals surface area contributed by atoms with E-state index in [1.54, 1.807) is 36.4 Å². The van der Waals surface area contributed by atoms with Crippen LogP contribution in [0.3, 0.4) is 0 Å². The molecule has 122 valence electrons. The van der Waals surface area contributed by atoms with Gasteiger partial charge in [0.15, 0.2) is 4.60 Å². The smallest absolute Gasteiger partial charge is 0.352 e. The highest BCUT2D eigenvalue weighted by atomic mass is 79.9. The molecule has 3 rings (SSSR count). The summed E-state index contributed by atoms with van der Waals surface area (Å²) < 4.78 is 1.99. The van der Waals surface area contributed by atoms with E-state index in [0.29, 0.717) is 5.02 Å². The SMILES string of the molecule is O=c1c(Br)nn(-c2ccccc2O)c(=O)n1Cc1ccc(Cl)cc1. The van der Waals surface area contributed by atoms with E-state index < -0.39 is 11.2 Å². The third-order valence-corrected chi connectivity index (χ3v) is 4.14. The van der Waals surface area contributed by atoms with Gasteiger partial charge >= 0.3 is 5.69 Å². The number of phenolic OH excluding ortho intramolecular Hbond substituents is 1. The average molecular weight is 409 g/mol. The van der Waals surface area contributed by atoms with Crippen molar-refractivity contribution in [2.75, 3.05) is 0 Å². The van der Waals surface area contributed by atoms with Crippen LogP contribution < -0.4 is 11.2 Å². The Kier molecular flexibility index (Phi) is 4.55. The van der Waals surface area contributed by atoms with E-state index in [0.717, 1.165) is 14.8 Å². The number of aromatic nitrogens is 3. The molecule has 1 aromatic heterocycles. The van der Waals surface area contributed by atoms with Crippen LogP contribution in [0.5, 0.6) is 5.75 Å². The predicted molar refractivity (Wildman–Crippen MR) is 94.0 cm³/mol. The van der Waals surface area contributed by atoms with Gasteiger partial charge in [-0.25, -0.2) is 4.79 Å². The molecule has 0 aliphatic rings. The molecule has 0 radical (unpaired) electrons. The van der Waals surface area contributed by atoms with Crippen LogP contribution in [0, 0.1) is 0 Å². The van der Waals surface area contributed by atoms with Gasteiger partial charge in [0.05, 0.1) is 6.54 Å². The van der Waals surface area contributed by atoms with Crippen molar-refractivity contribution in [3.8, 4) is 11.4 Å². The molecule has 0 saturated heterocycles. The molecular formula is C16H11BrClN3O3. The molecule has 1 heterocycles. The summed E-state index contributed by atoms with van der Waals surface area (Å²) in [6.07, 6.45) is 0. The van der Waals surface area contributed by atoms with E-state index in [9.17, 15) is 14.7 Å². The third-order valence-electron chi connectivity index (χ3n) is 3.39. The van der Waals surface area contributed by atoms with E-state index in [1.165, 1.54) is 12.1 Å². The fourth-order valence-electron chi connectivity index (χ4n) is 2.20. The number of phenols is 1. The largest absolute Gasteiger partial charge is 0.506 e. The number of halogens is 2. The second-order valence-electron chi connectivity index (χ2n) is 4.99. The lowest BCUT2D eigenvalue weighted by Gasteiger charge is -2.11. The van der Waals surface area contributed by atoms with Gasteiger partial charge in [-0.15, -0.1) is 0 Å². The summed E-state index contributed by atoms with van der Waals surface area (Å²) in [5.41, 5.74) is -0.283. The molecule has 0 saturated carbocycles. The first-order valence-corrected chi connectivity index (χ1v) is 8.07. The lowest BCUT2D eigenvalue weighted by Crippen LogP contribution is -2.41. The van der Waals surface area contributed by atoms with E-state index in [2.05, 4.69) is 21.0 Å². The lowest BCUT2D eigenvalue weighted by atomic mass is 10.2. The van der Waals surface area contributed by atoms with Crippen molar-refractivity contribution in [2.45, 2.75) is 6.54 Å². The summed E-state index contributed by atoms with van der Waals surface area (Å²) >= 11 is 8.92. The molecule has 0 fully saturated rings. The molecule has 1 N–H and O–H groups in total. The Morgan fingerprint density at radius 2 is 1.75 bits per heavy atom. The van der Waals surface area contributed by atoms with Gasteiger partial charge in [-0.05, 0) is 45.8 Å². The van der Waals surface area contributed by atoms with Crippen molar-refractivity contribution in [1.29, 1.82) is 0 Å². The normalized spacial score (nSPS) is 10.8. The van der Waals surface area contributed by atoms with Gasteiger partial charge in [-0.3, -0.25) is 9.36 Å². The van der Waals surface area contributed by atoms with Gasteiger partial charge in [0.2, 0.25) is 0 Å². The van der Waals surface area contributed by atoms with Crippen molar-refractivity contribution in [2.24, 2.45) is 0 Å². The highest BCUT2D eigenvalue weighted by Gasteiger charge is 2.15. The van der Waals surface area contributed by atoms with E-state index in [-0.39, 0.29) is 22.6 Å². The van der Waals surface area contributed by atoms with Crippen molar-refractivity contribution in [3.05, 3.63) is 84.6 Å². The molecule has 0 spiro atoms. The van der Waals surface area contributed by atoms with Crippen LogP contribution in [0.4, 0.5) is 0 Å². The first-order chi connectivity index (χ1) is 11.5. The summed E-state index contributed by atoms with van der Waals surface area (Å²) in [5, 5.41) is 14.4. The highest BCUT2D eigenvalue weighted by molar-refractivity contribution is 9.10. The second kappa shape index (κ2) is 6.62. The van der Waals surface area contributed by atoms with E-state index in [4.69, 9.17) is 11.6 Å². The molecule has 24 heavy (non-hydrogen) atoms. The summed E-state index contributed by atoms with van der Waals surface area (Å²) in [6, 6.07) is 13.1. The molecule has 0 amide bonds. The monoisotopic (exact) mass is 407 g/mol. The Balaban J connectivity index is 2.17. The highest BCUT2D eigenvalue weighted by Crippen LogP contribution is 2.18. The third kappa shape index (κ3) is 3.13. The number of para-hydroxylation sites is 2. The van der Waals surface area contributed by atoms with Crippen LogP contribution in [-0.4, -0.2) is 19.5 Å². The molecule has 0 atom stereocenters. The Morgan fingerprint density at radius 1 is 1.08 bits per heavy atom. The van der Waals surface area contributed by atoms with Crippen LogP contribution >= 0.6 is 27.5 Å². The molecule has 0 aliphatic heterocycles. The maximum atomic E-state index is 12.7. The number of aromatic hydroxyl groups is 1. The van der Waals surface area contributed by atoms with Crippen molar-refractivity contribution in [1.82, 2.24) is 14.3 Å². The fourth-order valence-corrected chi connectivity index (χ4v) is 2.70. The van der Waals surface area contributed by atoms with Crippen LogP contribution in [-0.2, 0) is 6.54 Å². The molecule has 2 aromatic carbocycles. The minimum absolute atomic E-state index is 0.0284. The maximum Gasteiger partial charge on any atom is 0.352 e. The van der Waals surface area contributed by atoms with E-state index in [1.807, 2.05) is 0 Å². The van der Waals surface area contributed by atoms with Crippen molar-refractivity contribution < 1.29 is 5.11 Å². The van der Waals surface area contributed by atoms with Crippen molar-refractivity contribution >= 4 is 27.5 Å². The maximum absolute atomic E-state index is 12.7. The molecule has 8 heteroatoms. The number of nitrogens with zero attached hydrogens (tertiary/aromatic N) is 3. The fraction of sp³-hybridized carbons (Fsp3) is 0.0625. The second-order valence-corrected chi connectivity index (χ2v) is 6.18. The summed E-state index contributed by atoms with van der Waals surface area (Å²) in [6.45, 7) is 0.0591. The standard InChI is InChI=1S/C16H11BrClN3O3/c17-14-15(23)20(9-10-5-7-11(18)8-6-10)16(24)21(19-14)12-3-1-2-4-13(12)22/h1-8,22H,9H2. The molecule has 0 unspecified atom stereocenters. The zero-order valence-electron chi connectivity index (χ0n) is 12.2. The lowest BCUT2D eigenvalue weighted by molar-refractivity contribution is 0.466. The average Bonchev–Trinajstić information content (AvgIpc) is 2.57. The summed E-state index contributed by atoms with van der Waals surface area (Å²) in [4.78, 5) is 25.0. The number of benzene rings is 2. The van der Waals surface area contributed by atoms with Gasteiger partial charge in [0.1, 0.15) is 11.4 Å². The Hall–Kier alpha value is -2.38.